The average molecular weight is 359 g/mol. The normalized spacial score (nSPS) is 13.0. The molecule has 1 aliphatic carbocycles. The van der Waals surface area contributed by atoms with Crippen molar-refractivity contribution in [3.05, 3.63) is 70.8 Å². The number of hydrogen-bond donors (Lipinski definition) is 0. The Hall–Kier alpha value is -3.54. The summed E-state index contributed by atoms with van der Waals surface area (Å²) in [6.07, 6.45) is 5.17. The lowest BCUT2D eigenvalue weighted by Gasteiger charge is -2.19. The van der Waals surface area contributed by atoms with Gasteiger partial charge in [0.15, 0.2) is 0 Å². The molecule has 0 radical (unpaired) electrons. The van der Waals surface area contributed by atoms with Crippen LogP contribution in [0.3, 0.4) is 0 Å². The Bertz CT molecular complexity index is 1130. The monoisotopic (exact) mass is 359 g/mol. The standard InChI is InChI=1S/C21H17N3O3/c1-24(2)10-8-13-15-11-12(27-3)6-7-16(15)23-19-17(13)21(26)18-14(20(19)25)5-4-9-22-18/h4-11H,1-3H3/b10-8+. The summed E-state index contributed by atoms with van der Waals surface area (Å²) in [5.74, 6) is 0.0672. The predicted molar refractivity (Wildman–Crippen MR) is 102 cm³/mol. The maximum atomic E-state index is 13.2. The van der Waals surface area contributed by atoms with Crippen molar-refractivity contribution in [2.75, 3.05) is 21.2 Å². The zero-order valence-electron chi connectivity index (χ0n) is 15.2. The van der Waals surface area contributed by atoms with Gasteiger partial charge in [0, 0.05) is 25.7 Å². The highest BCUT2D eigenvalue weighted by atomic mass is 16.5. The third-order valence-corrected chi connectivity index (χ3v) is 4.48. The fourth-order valence-electron chi connectivity index (χ4n) is 3.20. The van der Waals surface area contributed by atoms with Crippen molar-refractivity contribution >= 4 is 28.5 Å². The molecule has 0 fully saturated rings. The zero-order valence-corrected chi connectivity index (χ0v) is 15.2. The van der Waals surface area contributed by atoms with Gasteiger partial charge < -0.3 is 9.64 Å². The third-order valence-electron chi connectivity index (χ3n) is 4.48. The summed E-state index contributed by atoms with van der Waals surface area (Å²) >= 11 is 0. The Morgan fingerprint density at radius 2 is 1.89 bits per heavy atom. The number of ketones is 2. The van der Waals surface area contributed by atoms with Gasteiger partial charge in [-0.05, 0) is 48.2 Å². The minimum atomic E-state index is -0.296. The highest BCUT2D eigenvalue weighted by Crippen LogP contribution is 2.34. The van der Waals surface area contributed by atoms with Gasteiger partial charge in [-0.2, -0.15) is 0 Å². The molecule has 2 aromatic heterocycles. The Labute approximate surface area is 156 Å². The van der Waals surface area contributed by atoms with Crippen LogP contribution in [-0.4, -0.2) is 47.6 Å². The van der Waals surface area contributed by atoms with E-state index in [4.69, 9.17) is 4.74 Å². The van der Waals surface area contributed by atoms with Crippen molar-refractivity contribution in [2.24, 2.45) is 0 Å². The smallest absolute Gasteiger partial charge is 0.215 e. The first kappa shape index (κ1) is 16.9. The number of rotatable bonds is 3. The SMILES string of the molecule is COc1ccc2nc3c(c(/C=C/N(C)C)c2c1)C(=O)c1ncccc1C3=O. The van der Waals surface area contributed by atoms with Crippen LogP contribution in [-0.2, 0) is 0 Å². The second-order valence-electron chi connectivity index (χ2n) is 6.47. The highest BCUT2D eigenvalue weighted by molar-refractivity contribution is 6.29. The Kier molecular flexibility index (Phi) is 3.96. The summed E-state index contributed by atoms with van der Waals surface area (Å²) in [7, 11) is 5.35. The highest BCUT2D eigenvalue weighted by Gasteiger charge is 2.34. The maximum absolute atomic E-state index is 13.2. The molecule has 0 bridgehead atoms. The van der Waals surface area contributed by atoms with E-state index < -0.39 is 0 Å². The van der Waals surface area contributed by atoms with Crippen LogP contribution in [0.15, 0.2) is 42.7 Å². The first-order valence-electron chi connectivity index (χ1n) is 8.42. The van der Waals surface area contributed by atoms with Crippen LogP contribution in [0, 0.1) is 0 Å². The van der Waals surface area contributed by atoms with Crippen LogP contribution in [0.2, 0.25) is 0 Å². The number of methoxy groups -OCH3 is 1. The maximum Gasteiger partial charge on any atom is 0.215 e. The van der Waals surface area contributed by atoms with Crippen LogP contribution >= 0.6 is 0 Å². The average Bonchev–Trinajstić information content (AvgIpc) is 2.69. The fourth-order valence-corrected chi connectivity index (χ4v) is 3.20. The molecule has 3 aromatic rings. The molecule has 0 amide bonds. The number of carbonyl (C=O) groups excluding carboxylic acids is 2. The molecule has 0 unspecified atom stereocenters. The molecule has 0 N–H and O–H groups in total. The lowest BCUT2D eigenvalue weighted by atomic mass is 9.86. The van der Waals surface area contributed by atoms with Gasteiger partial charge in [-0.15, -0.1) is 0 Å². The molecule has 1 aliphatic rings. The van der Waals surface area contributed by atoms with E-state index in [1.165, 1.54) is 6.20 Å². The molecule has 1 aromatic carbocycles. The van der Waals surface area contributed by atoms with Crippen LogP contribution < -0.4 is 4.74 Å². The van der Waals surface area contributed by atoms with Gasteiger partial charge >= 0.3 is 0 Å². The van der Waals surface area contributed by atoms with Gasteiger partial charge in [0.1, 0.15) is 17.1 Å². The molecule has 0 aliphatic heterocycles. The van der Waals surface area contributed by atoms with E-state index in [0.717, 1.165) is 5.39 Å². The lowest BCUT2D eigenvalue weighted by Crippen LogP contribution is -2.25. The number of hydrogen-bond acceptors (Lipinski definition) is 6. The van der Waals surface area contributed by atoms with E-state index in [2.05, 4.69) is 9.97 Å². The predicted octanol–water partition coefficient (Wildman–Crippen LogP) is 2.95. The van der Waals surface area contributed by atoms with Crippen molar-refractivity contribution < 1.29 is 14.3 Å². The Morgan fingerprint density at radius 3 is 2.63 bits per heavy atom. The number of nitrogens with zero attached hydrogens (tertiary/aromatic N) is 3. The number of aromatic nitrogens is 2. The molecular weight excluding hydrogens is 342 g/mol. The molecule has 134 valence electrons. The molecule has 6 nitrogen and oxygen atoms in total. The summed E-state index contributed by atoms with van der Waals surface area (Å²) in [5, 5.41) is 0.742. The van der Waals surface area contributed by atoms with Crippen molar-refractivity contribution in [3.8, 4) is 5.75 Å². The molecule has 0 atom stereocenters. The summed E-state index contributed by atoms with van der Waals surface area (Å²) in [6, 6.07) is 8.65. The van der Waals surface area contributed by atoms with E-state index in [1.807, 2.05) is 37.3 Å². The second-order valence-corrected chi connectivity index (χ2v) is 6.47. The summed E-state index contributed by atoms with van der Waals surface area (Å²) in [5.41, 5.74) is 2.16. The van der Waals surface area contributed by atoms with E-state index >= 15 is 0 Å². The van der Waals surface area contributed by atoms with Gasteiger partial charge in [-0.3, -0.25) is 14.6 Å². The minimum absolute atomic E-state index is 0.163. The molecule has 27 heavy (non-hydrogen) atoms. The first-order valence-corrected chi connectivity index (χ1v) is 8.42. The van der Waals surface area contributed by atoms with Crippen LogP contribution in [0.25, 0.3) is 17.0 Å². The van der Waals surface area contributed by atoms with Crippen LogP contribution in [0.1, 0.15) is 37.7 Å². The quantitative estimate of drug-likeness (QED) is 0.560. The largest absolute Gasteiger partial charge is 0.497 e. The number of benzene rings is 1. The van der Waals surface area contributed by atoms with Crippen molar-refractivity contribution in [1.82, 2.24) is 14.9 Å². The number of ether oxygens (including phenoxy) is 1. The topological polar surface area (TPSA) is 72.4 Å². The van der Waals surface area contributed by atoms with Gasteiger partial charge in [0.2, 0.25) is 11.6 Å². The third kappa shape index (κ3) is 2.66. The number of fused-ring (bicyclic) bond motifs is 3. The van der Waals surface area contributed by atoms with Crippen LogP contribution in [0.5, 0.6) is 5.75 Å². The second kappa shape index (κ2) is 6.32. The Morgan fingerprint density at radius 1 is 1.07 bits per heavy atom. The first-order chi connectivity index (χ1) is 13.0. The molecule has 0 spiro atoms. The van der Waals surface area contributed by atoms with Crippen LogP contribution in [0.4, 0.5) is 0 Å². The Balaban J connectivity index is 2.09. The summed E-state index contributed by atoms with van der Waals surface area (Å²) in [6.45, 7) is 0. The van der Waals surface area contributed by atoms with E-state index in [9.17, 15) is 9.59 Å². The molecular formula is C21H17N3O3. The van der Waals surface area contributed by atoms with Gasteiger partial charge in [0.05, 0.1) is 23.8 Å². The molecule has 0 saturated carbocycles. The van der Waals surface area contributed by atoms with Gasteiger partial charge in [0.25, 0.3) is 0 Å². The minimum Gasteiger partial charge on any atom is -0.497 e. The van der Waals surface area contributed by atoms with Crippen molar-refractivity contribution in [1.29, 1.82) is 0 Å². The molecule has 0 saturated heterocycles. The van der Waals surface area contributed by atoms with E-state index in [1.54, 1.807) is 31.4 Å². The number of pyridine rings is 2. The summed E-state index contributed by atoms with van der Waals surface area (Å²) < 4.78 is 5.32. The van der Waals surface area contributed by atoms with Gasteiger partial charge in [-0.1, -0.05) is 0 Å². The molecule has 6 heteroatoms. The summed E-state index contributed by atoms with van der Waals surface area (Å²) in [4.78, 5) is 36.7. The van der Waals surface area contributed by atoms with E-state index in [-0.39, 0.29) is 34.1 Å². The van der Waals surface area contributed by atoms with Crippen molar-refractivity contribution in [2.45, 2.75) is 0 Å². The molecule has 4 rings (SSSR count). The van der Waals surface area contributed by atoms with Crippen molar-refractivity contribution in [3.63, 3.8) is 0 Å². The number of carbonyl (C=O) groups is 2. The molecule has 2 heterocycles. The zero-order chi connectivity index (χ0) is 19.1. The fraction of sp³-hybridized carbons (Fsp3) is 0.143. The lowest BCUT2D eigenvalue weighted by molar-refractivity contribution is 0.0972. The van der Waals surface area contributed by atoms with Gasteiger partial charge in [-0.25, -0.2) is 4.98 Å². The van der Waals surface area contributed by atoms with E-state index in [0.29, 0.717) is 16.8 Å².